The van der Waals surface area contributed by atoms with Crippen LogP contribution in [0.3, 0.4) is 0 Å². The Labute approximate surface area is 270 Å². The average molecular weight is 625 g/mol. The first-order chi connectivity index (χ1) is 20.0. The second kappa shape index (κ2) is 20.8. The fraction of sp³-hybridized carbons (Fsp3) is 0.500. The van der Waals surface area contributed by atoms with E-state index < -0.39 is 8.32 Å². The molecule has 0 aliphatic heterocycles. The van der Waals surface area contributed by atoms with Gasteiger partial charge in [0.05, 0.1) is 0 Å². The predicted octanol–water partition coefficient (Wildman–Crippen LogP) is 10.1. The zero-order valence-electron chi connectivity index (χ0n) is 25.3. The van der Waals surface area contributed by atoms with Crippen LogP contribution in [0.1, 0.15) is 96.3 Å². The Balaban J connectivity index is 0.000000229. The van der Waals surface area contributed by atoms with Gasteiger partial charge in [-0.25, -0.2) is 0 Å². The zero-order chi connectivity index (χ0) is 29.2. The van der Waals surface area contributed by atoms with Crippen molar-refractivity contribution in [2.45, 2.75) is 113 Å². The molecule has 3 aliphatic carbocycles. The van der Waals surface area contributed by atoms with Gasteiger partial charge in [-0.3, -0.25) is 0 Å². The summed E-state index contributed by atoms with van der Waals surface area (Å²) in [6.45, 7) is 0. The average Bonchev–Trinajstić information content (AvgIpc) is 3.04. The van der Waals surface area contributed by atoms with Crippen LogP contribution < -0.4 is 0 Å². The Morgan fingerprint density at radius 2 is 0.595 bits per heavy atom. The summed E-state index contributed by atoms with van der Waals surface area (Å²) in [6, 6.07) is 26.1. The van der Waals surface area contributed by atoms with Crippen molar-refractivity contribution >= 4 is 8.32 Å². The van der Waals surface area contributed by atoms with Crippen LogP contribution in [0.15, 0.2) is 91.0 Å². The first-order valence-corrected chi connectivity index (χ1v) is 18.1. The Bertz CT molecular complexity index is 901. The van der Waals surface area contributed by atoms with Gasteiger partial charge in [-0.1, -0.05) is 151 Å². The maximum absolute atomic E-state index is 12.0. The Hall–Kier alpha value is -2.05. The topological polar surface area (TPSA) is 80.9 Å². The van der Waals surface area contributed by atoms with E-state index in [0.29, 0.717) is 17.2 Å². The number of hydrogen-bond donors (Lipinski definition) is 4. The zero-order valence-corrected chi connectivity index (χ0v) is 27.8. The SMILES string of the molecule is O[Si](C1CCCCC1)(C1CCCCC1)C1CCCCC1.Oc1ccccc1.Oc1ccccc1.Oc1ccccc1.[Ti]. The minimum Gasteiger partial charge on any atom is -0.508 e. The maximum atomic E-state index is 12.0. The van der Waals surface area contributed by atoms with Crippen LogP contribution in [0, 0.1) is 0 Å². The van der Waals surface area contributed by atoms with Crippen molar-refractivity contribution in [1.29, 1.82) is 0 Å². The van der Waals surface area contributed by atoms with Crippen LogP contribution in [0.25, 0.3) is 0 Å². The summed E-state index contributed by atoms with van der Waals surface area (Å²) in [4.78, 5) is 12.0. The molecule has 0 amide bonds. The predicted molar refractivity (Wildman–Crippen MR) is 173 cm³/mol. The van der Waals surface area contributed by atoms with E-state index in [-0.39, 0.29) is 21.7 Å². The van der Waals surface area contributed by atoms with Gasteiger partial charge in [0.15, 0.2) is 8.32 Å². The normalized spacial score (nSPS) is 17.9. The van der Waals surface area contributed by atoms with Gasteiger partial charge in [0.2, 0.25) is 0 Å². The molecule has 0 atom stereocenters. The molecule has 0 heterocycles. The van der Waals surface area contributed by atoms with Crippen molar-refractivity contribution in [2.75, 3.05) is 0 Å². The molecule has 3 aromatic rings. The van der Waals surface area contributed by atoms with Gasteiger partial charge in [0.1, 0.15) is 17.2 Å². The largest absolute Gasteiger partial charge is 0.508 e. The molecule has 0 spiro atoms. The summed E-state index contributed by atoms with van der Waals surface area (Å²) in [5, 5.41) is 25.9. The number of benzene rings is 3. The molecule has 0 radical (unpaired) electrons. The van der Waals surface area contributed by atoms with E-state index in [0.717, 1.165) is 16.6 Å². The van der Waals surface area contributed by atoms with Crippen LogP contribution >= 0.6 is 0 Å². The van der Waals surface area contributed by atoms with E-state index >= 15 is 0 Å². The van der Waals surface area contributed by atoms with Gasteiger partial charge in [0.25, 0.3) is 0 Å². The first kappa shape index (κ1) is 36.1. The summed E-state index contributed by atoms with van der Waals surface area (Å²) < 4.78 is 0. The number of aromatic hydroxyl groups is 3. The molecule has 3 fully saturated rings. The summed E-state index contributed by atoms with van der Waals surface area (Å²) >= 11 is 0. The first-order valence-electron chi connectivity index (χ1n) is 15.9. The Morgan fingerprint density at radius 3 is 0.762 bits per heavy atom. The number of phenolic OH excluding ortho intramolecular Hbond substituents is 3. The molecule has 3 aromatic carbocycles. The van der Waals surface area contributed by atoms with Gasteiger partial charge < -0.3 is 20.1 Å². The monoisotopic (exact) mass is 624 g/mol. The number of para-hydroxylation sites is 3. The van der Waals surface area contributed by atoms with Gasteiger partial charge in [-0.15, -0.1) is 0 Å². The van der Waals surface area contributed by atoms with Crippen molar-refractivity contribution in [3.05, 3.63) is 91.0 Å². The number of phenols is 3. The minimum atomic E-state index is -2.05. The molecule has 4 N–H and O–H groups in total. The molecule has 6 heteroatoms. The summed E-state index contributed by atoms with van der Waals surface area (Å²) in [7, 11) is -2.05. The second-order valence-electron chi connectivity index (χ2n) is 11.9. The van der Waals surface area contributed by atoms with E-state index in [2.05, 4.69) is 0 Å². The summed E-state index contributed by atoms with van der Waals surface area (Å²) in [5.41, 5.74) is 2.30. The molecule has 42 heavy (non-hydrogen) atoms. The fourth-order valence-electron chi connectivity index (χ4n) is 6.98. The molecule has 6 rings (SSSR count). The quantitative estimate of drug-likeness (QED) is 0.219. The van der Waals surface area contributed by atoms with E-state index in [4.69, 9.17) is 15.3 Å². The molecule has 0 bridgehead atoms. The molecule has 3 aliphatic rings. The van der Waals surface area contributed by atoms with E-state index in [1.807, 2.05) is 18.2 Å². The molecule has 228 valence electrons. The van der Waals surface area contributed by atoms with Crippen molar-refractivity contribution in [3.63, 3.8) is 0 Å². The number of hydrogen-bond acceptors (Lipinski definition) is 4. The van der Waals surface area contributed by atoms with Crippen LogP contribution in [0.5, 0.6) is 17.2 Å². The van der Waals surface area contributed by atoms with Gasteiger partial charge in [0, 0.05) is 21.7 Å². The second-order valence-corrected chi connectivity index (χ2v) is 16.1. The van der Waals surface area contributed by atoms with Crippen molar-refractivity contribution in [2.24, 2.45) is 0 Å². The molecular formula is C36H52O4SiTi. The van der Waals surface area contributed by atoms with Crippen LogP contribution in [0.2, 0.25) is 16.6 Å². The smallest absolute Gasteiger partial charge is 0.197 e. The van der Waals surface area contributed by atoms with E-state index in [1.165, 1.54) is 96.3 Å². The third-order valence-electron chi connectivity index (χ3n) is 9.05. The molecular weight excluding hydrogens is 572 g/mol. The van der Waals surface area contributed by atoms with E-state index in [9.17, 15) is 4.80 Å². The van der Waals surface area contributed by atoms with Crippen LogP contribution in [-0.2, 0) is 21.7 Å². The Kier molecular flexibility index (Phi) is 17.9. The third-order valence-corrected chi connectivity index (χ3v) is 14.7. The standard InChI is InChI=1S/C18H34OSi.3C6H6O.Ti/c19-20(16-10-4-1-5-11-16,17-12-6-2-7-13-17)18-14-8-3-9-15-18;3*7-6-4-2-1-3-5-6;/h16-19H,1-15H2;3*1-5,7H;. The Morgan fingerprint density at radius 1 is 0.381 bits per heavy atom. The van der Waals surface area contributed by atoms with Crippen LogP contribution in [-0.4, -0.2) is 28.4 Å². The molecule has 4 nitrogen and oxygen atoms in total. The van der Waals surface area contributed by atoms with Crippen LogP contribution in [0.4, 0.5) is 0 Å². The van der Waals surface area contributed by atoms with Gasteiger partial charge in [-0.05, 0) is 53.0 Å². The van der Waals surface area contributed by atoms with Gasteiger partial charge in [-0.2, -0.15) is 0 Å². The summed E-state index contributed by atoms with van der Waals surface area (Å²) in [5.74, 6) is 0.965. The van der Waals surface area contributed by atoms with Gasteiger partial charge >= 0.3 is 0 Å². The third kappa shape index (κ3) is 12.7. The van der Waals surface area contributed by atoms with E-state index in [1.54, 1.807) is 72.8 Å². The molecule has 3 saturated carbocycles. The maximum Gasteiger partial charge on any atom is 0.197 e. The van der Waals surface area contributed by atoms with Crippen molar-refractivity contribution in [3.8, 4) is 17.2 Å². The molecule has 0 saturated heterocycles. The van der Waals surface area contributed by atoms with Crippen molar-refractivity contribution < 1.29 is 41.8 Å². The molecule has 0 aromatic heterocycles. The fourth-order valence-corrected chi connectivity index (χ4v) is 13.0. The number of rotatable bonds is 3. The molecule has 0 unspecified atom stereocenters. The summed E-state index contributed by atoms with van der Waals surface area (Å²) in [6.07, 6.45) is 20.9. The van der Waals surface area contributed by atoms with Crippen molar-refractivity contribution in [1.82, 2.24) is 0 Å². The minimum absolute atomic E-state index is 0.